The van der Waals surface area contributed by atoms with Crippen molar-refractivity contribution in [2.75, 3.05) is 21.3 Å². The molecule has 0 bridgehead atoms. The van der Waals surface area contributed by atoms with E-state index in [0.29, 0.717) is 11.5 Å². The van der Waals surface area contributed by atoms with Crippen LogP contribution in [0, 0.1) is 0 Å². The summed E-state index contributed by atoms with van der Waals surface area (Å²) in [6, 6.07) is 25.0. The molecule has 0 aliphatic heterocycles. The Bertz CT molecular complexity index is 1720. The Balaban J connectivity index is 0.000000484. The minimum Gasteiger partial charge on any atom is -0.497 e. The second kappa shape index (κ2) is 25.1. The SMILES string of the molecule is Brc1ccc(Br)s1.CC.COc1cccc(OC(C)C)c1-c1ccc(-c2c(OC)cccc2OC(C)C)s1.COc1cccc(OC(C)C)c1B(O)O.[BH4-]. The molecule has 296 valence electrons. The summed E-state index contributed by atoms with van der Waals surface area (Å²) in [7, 11) is 3.23. The number of benzene rings is 3. The molecule has 5 rings (SSSR count). The van der Waals surface area contributed by atoms with Gasteiger partial charge >= 0.3 is 7.12 Å². The van der Waals surface area contributed by atoms with Crippen LogP contribution in [0.25, 0.3) is 20.9 Å². The molecule has 0 aliphatic carbocycles. The van der Waals surface area contributed by atoms with Crippen LogP contribution in [0.15, 0.2) is 86.4 Å². The van der Waals surface area contributed by atoms with Crippen molar-refractivity contribution in [3.8, 4) is 55.4 Å². The fourth-order valence-corrected chi connectivity index (χ4v) is 8.30. The highest BCUT2D eigenvalue weighted by Gasteiger charge is 2.23. The number of thiophene rings is 2. The maximum Gasteiger partial charge on any atom is 0.496 e. The Kier molecular flexibility index (Phi) is 22.7. The first kappa shape index (κ1) is 48.9. The van der Waals surface area contributed by atoms with Crippen LogP contribution in [0.3, 0.4) is 0 Å². The van der Waals surface area contributed by atoms with Gasteiger partial charge in [0, 0.05) is 9.75 Å². The van der Waals surface area contributed by atoms with Gasteiger partial charge in [-0.2, -0.15) is 0 Å². The van der Waals surface area contributed by atoms with Gasteiger partial charge in [0.25, 0.3) is 0 Å². The lowest BCUT2D eigenvalue weighted by Gasteiger charge is -2.17. The molecule has 0 unspecified atom stereocenters. The maximum atomic E-state index is 9.22. The maximum absolute atomic E-state index is 9.22. The van der Waals surface area contributed by atoms with Crippen LogP contribution in [0.5, 0.6) is 34.5 Å². The molecular weight excluding hydrogens is 854 g/mol. The fourth-order valence-electron chi connectivity index (χ4n) is 4.76. The Hall–Kier alpha value is -3.13. The Morgan fingerprint density at radius 2 is 0.833 bits per heavy atom. The molecule has 5 aromatic rings. The Labute approximate surface area is 348 Å². The van der Waals surface area contributed by atoms with Crippen molar-refractivity contribution >= 4 is 75.5 Å². The van der Waals surface area contributed by atoms with E-state index < -0.39 is 7.12 Å². The highest BCUT2D eigenvalue weighted by Crippen LogP contribution is 2.48. The number of hydrogen-bond acceptors (Lipinski definition) is 10. The molecule has 0 radical (unpaired) electrons. The zero-order valence-electron chi connectivity index (χ0n) is 32.2. The molecule has 0 saturated heterocycles. The van der Waals surface area contributed by atoms with E-state index >= 15 is 0 Å². The van der Waals surface area contributed by atoms with Gasteiger partial charge in [-0.25, -0.2) is 0 Å². The van der Waals surface area contributed by atoms with Crippen molar-refractivity contribution in [3.05, 3.63) is 86.4 Å². The van der Waals surface area contributed by atoms with Crippen molar-refractivity contribution in [2.45, 2.75) is 73.7 Å². The molecule has 0 atom stereocenters. The van der Waals surface area contributed by atoms with Gasteiger partial charge in [-0.1, -0.05) is 40.5 Å². The third-order valence-corrected chi connectivity index (χ3v) is 9.93. The van der Waals surface area contributed by atoms with Gasteiger partial charge in [0.05, 0.1) is 63.8 Å². The summed E-state index contributed by atoms with van der Waals surface area (Å²) in [5.41, 5.74) is 2.18. The van der Waals surface area contributed by atoms with Gasteiger partial charge < -0.3 is 38.5 Å². The monoisotopic (exact) mass is 907 g/mol. The van der Waals surface area contributed by atoms with Crippen LogP contribution in [-0.2, 0) is 0 Å². The van der Waals surface area contributed by atoms with E-state index in [9.17, 15) is 10.0 Å². The molecule has 54 heavy (non-hydrogen) atoms. The van der Waals surface area contributed by atoms with Gasteiger partial charge in [0.15, 0.2) is 0 Å². The van der Waals surface area contributed by atoms with Crippen molar-refractivity contribution in [1.29, 1.82) is 0 Å². The number of hydrogen-bond donors (Lipinski definition) is 2. The summed E-state index contributed by atoms with van der Waals surface area (Å²) < 4.78 is 36.2. The first-order valence-electron chi connectivity index (χ1n) is 17.2. The van der Waals surface area contributed by atoms with Crippen molar-refractivity contribution in [3.63, 3.8) is 0 Å². The topological polar surface area (TPSA) is 95.8 Å². The zero-order valence-corrected chi connectivity index (χ0v) is 37.0. The quantitative estimate of drug-likeness (QED) is 0.120. The molecule has 0 amide bonds. The molecule has 2 aromatic heterocycles. The minimum atomic E-state index is -1.60. The lowest BCUT2D eigenvalue weighted by Crippen LogP contribution is -2.33. The summed E-state index contributed by atoms with van der Waals surface area (Å²) in [4.78, 5) is 2.13. The molecule has 0 fully saturated rings. The van der Waals surface area contributed by atoms with Crippen LogP contribution >= 0.6 is 54.5 Å². The standard InChI is InChI=1S/C24H28O4S.C10H15BO4.C4H2Br2S.C2H6.BH4/c1-15(2)27-19-11-7-9-17(25-5)23(19)21-13-14-22(29-21)24-18(26-6)10-8-12-20(24)28-16(3)4;1-7(2)15-9-6-4-5-8(14-3)10(9)11(12)13;5-3-1-2-4(6)7-3;1-2;/h7-16H,1-6H3;4-7,12-13H,1-3H3;1-2H;1-2H3;1H4/q;;;;-1. The van der Waals surface area contributed by atoms with Crippen LogP contribution < -0.4 is 33.9 Å². The summed E-state index contributed by atoms with van der Waals surface area (Å²) in [5, 5.41) is 18.4. The second-order valence-electron chi connectivity index (χ2n) is 11.6. The lowest BCUT2D eigenvalue weighted by atomic mass is 9.78. The summed E-state index contributed by atoms with van der Waals surface area (Å²) in [6.45, 7) is 15.8. The largest absolute Gasteiger partial charge is 0.497 e. The Morgan fingerprint density at radius 3 is 1.15 bits per heavy atom. The molecule has 8 nitrogen and oxygen atoms in total. The molecule has 0 saturated carbocycles. The third-order valence-electron chi connectivity index (χ3n) is 6.65. The molecule has 0 aliphatic rings. The van der Waals surface area contributed by atoms with E-state index in [1.165, 1.54) is 14.7 Å². The normalized spacial score (nSPS) is 10.1. The summed E-state index contributed by atoms with van der Waals surface area (Å²) >= 11 is 9.98. The van der Waals surface area contributed by atoms with E-state index in [1.807, 2.05) is 104 Å². The molecular formula is C40H55B2Br2O8S2-. The average molecular weight is 909 g/mol. The van der Waals surface area contributed by atoms with E-state index in [0.717, 1.165) is 43.9 Å². The van der Waals surface area contributed by atoms with Crippen molar-refractivity contribution in [1.82, 2.24) is 0 Å². The van der Waals surface area contributed by atoms with E-state index in [4.69, 9.17) is 28.4 Å². The smallest absolute Gasteiger partial charge is 0.496 e. The number of halogens is 2. The number of ether oxygens (including phenoxy) is 6. The van der Waals surface area contributed by atoms with Gasteiger partial charge in [-0.3, -0.25) is 0 Å². The minimum absolute atomic E-state index is 0. The van der Waals surface area contributed by atoms with Gasteiger partial charge in [-0.05, 0) is 134 Å². The van der Waals surface area contributed by atoms with Gasteiger partial charge in [-0.15, -0.1) is 22.7 Å². The van der Waals surface area contributed by atoms with Crippen LogP contribution in [0.1, 0.15) is 55.4 Å². The number of rotatable bonds is 12. The van der Waals surface area contributed by atoms with Crippen LogP contribution in [0.4, 0.5) is 0 Å². The highest BCUT2D eigenvalue weighted by atomic mass is 79.9. The highest BCUT2D eigenvalue weighted by molar-refractivity contribution is 9.12. The predicted molar refractivity (Wildman–Crippen MR) is 241 cm³/mol. The molecule has 14 heteroatoms. The van der Waals surface area contributed by atoms with Crippen LogP contribution in [-0.4, -0.2) is 65.2 Å². The fraction of sp³-hybridized carbons (Fsp3) is 0.350. The van der Waals surface area contributed by atoms with Crippen molar-refractivity contribution < 1.29 is 38.5 Å². The van der Waals surface area contributed by atoms with Gasteiger partial charge in [0.2, 0.25) is 0 Å². The molecule has 3 aromatic carbocycles. The first-order chi connectivity index (χ1) is 25.3. The summed E-state index contributed by atoms with van der Waals surface area (Å²) in [5.74, 6) is 4.03. The van der Waals surface area contributed by atoms with Crippen molar-refractivity contribution in [2.24, 2.45) is 0 Å². The predicted octanol–water partition coefficient (Wildman–Crippen LogP) is 9.68. The second-order valence-corrected chi connectivity index (χ2v) is 16.5. The number of methoxy groups -OCH3 is 3. The van der Waals surface area contributed by atoms with E-state index in [2.05, 4.69) is 44.0 Å². The Morgan fingerprint density at radius 1 is 0.500 bits per heavy atom. The average Bonchev–Trinajstić information content (AvgIpc) is 3.76. The summed E-state index contributed by atoms with van der Waals surface area (Å²) in [6.07, 6.45) is 0.107. The third kappa shape index (κ3) is 14.8. The first-order valence-corrected chi connectivity index (χ1v) is 20.4. The molecule has 2 N–H and O–H groups in total. The molecule has 2 heterocycles. The molecule has 0 spiro atoms. The zero-order chi connectivity index (χ0) is 39.7. The van der Waals surface area contributed by atoms with E-state index in [1.54, 1.807) is 55.1 Å². The van der Waals surface area contributed by atoms with E-state index in [-0.39, 0.29) is 32.2 Å². The lowest BCUT2D eigenvalue weighted by molar-refractivity contribution is 0.242. The van der Waals surface area contributed by atoms with Gasteiger partial charge in [0.1, 0.15) is 34.5 Å². The van der Waals surface area contributed by atoms with Crippen LogP contribution in [0.2, 0.25) is 0 Å².